The molecule has 2 atom stereocenters. The van der Waals surface area contributed by atoms with Crippen molar-refractivity contribution in [3.05, 3.63) is 0 Å². The summed E-state index contributed by atoms with van der Waals surface area (Å²) in [6, 6.07) is 0. The maximum Gasteiger partial charge on any atom is 0.0323 e. The molecule has 0 nitrogen and oxygen atoms in total. The van der Waals surface area contributed by atoms with E-state index in [1.165, 1.54) is 6.42 Å². The molecule has 0 heterocycles. The van der Waals surface area contributed by atoms with Gasteiger partial charge in [0.2, 0.25) is 0 Å². The van der Waals surface area contributed by atoms with Crippen LogP contribution in [0.2, 0.25) is 0 Å². The zero-order valence-electron chi connectivity index (χ0n) is 4.73. The summed E-state index contributed by atoms with van der Waals surface area (Å²) < 4.78 is 0.706. The van der Waals surface area contributed by atoms with E-state index in [2.05, 4.69) is 15.9 Å². The smallest absolute Gasteiger partial charge is 0.0323 e. The van der Waals surface area contributed by atoms with Crippen LogP contribution in [-0.2, 0) is 0 Å². The first-order valence-corrected chi connectivity index (χ1v) is 4.29. The van der Waals surface area contributed by atoms with Crippen molar-refractivity contribution >= 4 is 15.9 Å². The molecule has 4 rings (SSSR count). The summed E-state index contributed by atoms with van der Waals surface area (Å²) in [6.45, 7) is 0. The van der Waals surface area contributed by atoms with E-state index < -0.39 is 0 Å². The van der Waals surface area contributed by atoms with Crippen molar-refractivity contribution in [1.82, 2.24) is 0 Å². The van der Waals surface area contributed by atoms with Gasteiger partial charge in [0, 0.05) is 4.32 Å². The third kappa shape index (κ3) is 0.258. The first-order valence-electron chi connectivity index (χ1n) is 3.49. The van der Waals surface area contributed by atoms with Gasteiger partial charge in [-0.3, -0.25) is 0 Å². The molecule has 0 aromatic rings. The molecule has 1 heteroatoms. The van der Waals surface area contributed by atoms with Crippen molar-refractivity contribution in [2.75, 3.05) is 0 Å². The predicted octanol–water partition coefficient (Wildman–Crippen LogP) is 2.18. The standard InChI is InChI=1S/C7H9Br/c8-7-3-4-1-5(7)6(7)2-4/h4-6H,1-3H2. The molecule has 0 aliphatic heterocycles. The Labute approximate surface area is 57.8 Å². The lowest BCUT2D eigenvalue weighted by Crippen LogP contribution is -1.91. The molecule has 0 saturated heterocycles. The second-order valence-corrected chi connectivity index (χ2v) is 5.16. The molecule has 0 radical (unpaired) electrons. The fourth-order valence-electron chi connectivity index (χ4n) is 3.01. The predicted molar refractivity (Wildman–Crippen MR) is 36.0 cm³/mol. The Morgan fingerprint density at radius 2 is 1.88 bits per heavy atom. The molecule has 44 valence electrons. The summed E-state index contributed by atoms with van der Waals surface area (Å²) in [6.07, 6.45) is 4.61. The maximum atomic E-state index is 3.82. The Balaban J connectivity index is 2.16. The summed E-state index contributed by atoms with van der Waals surface area (Å²) >= 11 is 3.82. The van der Waals surface area contributed by atoms with Gasteiger partial charge in [-0.15, -0.1) is 0 Å². The lowest BCUT2D eigenvalue weighted by atomic mass is 10.1. The molecule has 8 heavy (non-hydrogen) atoms. The van der Waals surface area contributed by atoms with Crippen LogP contribution in [0.5, 0.6) is 0 Å². The SMILES string of the molecule is BrC12CC3CC1C2C3. The number of hydrogen-bond acceptors (Lipinski definition) is 0. The van der Waals surface area contributed by atoms with E-state index >= 15 is 0 Å². The third-order valence-corrected chi connectivity index (χ3v) is 4.89. The van der Waals surface area contributed by atoms with Gasteiger partial charge in [0.1, 0.15) is 0 Å². The van der Waals surface area contributed by atoms with Gasteiger partial charge >= 0.3 is 0 Å². The Bertz CT molecular complexity index is 140. The summed E-state index contributed by atoms with van der Waals surface area (Å²) in [7, 11) is 0. The van der Waals surface area contributed by atoms with Crippen LogP contribution >= 0.6 is 15.9 Å². The normalized spacial score (nSPS) is 73.9. The van der Waals surface area contributed by atoms with Crippen LogP contribution in [0.15, 0.2) is 0 Å². The molecule has 0 spiro atoms. The number of alkyl halides is 1. The van der Waals surface area contributed by atoms with Gasteiger partial charge in [-0.05, 0) is 37.0 Å². The summed E-state index contributed by atoms with van der Waals surface area (Å²) in [4.78, 5) is 0. The molecule has 4 aliphatic carbocycles. The van der Waals surface area contributed by atoms with Gasteiger partial charge in [-0.2, -0.15) is 0 Å². The van der Waals surface area contributed by atoms with Gasteiger partial charge in [0.25, 0.3) is 0 Å². The minimum absolute atomic E-state index is 0.706. The molecule has 0 N–H and O–H groups in total. The van der Waals surface area contributed by atoms with Crippen molar-refractivity contribution in [3.8, 4) is 0 Å². The fraction of sp³-hybridized carbons (Fsp3) is 1.00. The maximum absolute atomic E-state index is 3.82. The number of halogens is 1. The van der Waals surface area contributed by atoms with Crippen molar-refractivity contribution in [3.63, 3.8) is 0 Å². The number of hydrogen-bond donors (Lipinski definition) is 0. The second kappa shape index (κ2) is 0.920. The first-order chi connectivity index (χ1) is 3.81. The second-order valence-electron chi connectivity index (χ2n) is 3.68. The van der Waals surface area contributed by atoms with E-state index in [9.17, 15) is 0 Å². The Morgan fingerprint density at radius 1 is 1.25 bits per heavy atom. The average Bonchev–Trinajstić information content (AvgIpc) is 2.11. The van der Waals surface area contributed by atoms with Gasteiger partial charge in [-0.25, -0.2) is 0 Å². The van der Waals surface area contributed by atoms with E-state index in [0.29, 0.717) is 4.32 Å². The lowest BCUT2D eigenvalue weighted by Gasteiger charge is -1.94. The molecule has 0 aromatic heterocycles. The molecule has 4 bridgehead atoms. The molecule has 4 aliphatic rings. The Kier molecular flexibility index (Phi) is 0.497. The zero-order chi connectivity index (χ0) is 5.35. The van der Waals surface area contributed by atoms with E-state index in [4.69, 9.17) is 0 Å². The van der Waals surface area contributed by atoms with Gasteiger partial charge in [0.15, 0.2) is 0 Å². The Morgan fingerprint density at radius 3 is 2.00 bits per heavy atom. The highest BCUT2D eigenvalue weighted by atomic mass is 79.9. The summed E-state index contributed by atoms with van der Waals surface area (Å²) in [5, 5.41) is 0. The van der Waals surface area contributed by atoms with Crippen LogP contribution < -0.4 is 0 Å². The molecule has 0 aromatic carbocycles. The van der Waals surface area contributed by atoms with Gasteiger partial charge in [0.05, 0.1) is 0 Å². The van der Waals surface area contributed by atoms with E-state index in [1.54, 1.807) is 12.8 Å². The minimum atomic E-state index is 0.706. The van der Waals surface area contributed by atoms with Gasteiger partial charge in [-0.1, -0.05) is 15.9 Å². The lowest BCUT2D eigenvalue weighted by molar-refractivity contribution is 0.605. The van der Waals surface area contributed by atoms with Crippen LogP contribution in [-0.4, -0.2) is 4.32 Å². The van der Waals surface area contributed by atoms with E-state index in [0.717, 1.165) is 17.8 Å². The van der Waals surface area contributed by atoms with E-state index in [1.807, 2.05) is 0 Å². The summed E-state index contributed by atoms with van der Waals surface area (Å²) in [5.74, 6) is 3.37. The topological polar surface area (TPSA) is 0 Å². The fourth-order valence-corrected chi connectivity index (χ4v) is 4.35. The molecule has 0 amide bonds. The first kappa shape index (κ1) is 4.32. The third-order valence-electron chi connectivity index (χ3n) is 3.39. The molecular formula is C7H9Br. The van der Waals surface area contributed by atoms with Crippen molar-refractivity contribution < 1.29 is 0 Å². The zero-order valence-corrected chi connectivity index (χ0v) is 6.32. The molecule has 2 unspecified atom stereocenters. The molecule has 4 saturated carbocycles. The van der Waals surface area contributed by atoms with Crippen LogP contribution in [0, 0.1) is 17.8 Å². The van der Waals surface area contributed by atoms with Crippen LogP contribution in [0.25, 0.3) is 0 Å². The average molecular weight is 173 g/mol. The summed E-state index contributed by atoms with van der Waals surface area (Å²) in [5.41, 5.74) is 0. The number of rotatable bonds is 0. The minimum Gasteiger partial charge on any atom is -0.0847 e. The van der Waals surface area contributed by atoms with E-state index in [-0.39, 0.29) is 0 Å². The highest BCUT2D eigenvalue weighted by Crippen LogP contribution is 2.77. The Hall–Kier alpha value is 0.480. The largest absolute Gasteiger partial charge is 0.0847 e. The van der Waals surface area contributed by atoms with Crippen LogP contribution in [0.4, 0.5) is 0 Å². The monoisotopic (exact) mass is 172 g/mol. The van der Waals surface area contributed by atoms with Crippen molar-refractivity contribution in [1.29, 1.82) is 0 Å². The quantitative estimate of drug-likeness (QED) is 0.492. The van der Waals surface area contributed by atoms with Crippen LogP contribution in [0.3, 0.4) is 0 Å². The van der Waals surface area contributed by atoms with Gasteiger partial charge < -0.3 is 0 Å². The van der Waals surface area contributed by atoms with Crippen LogP contribution in [0.1, 0.15) is 19.3 Å². The van der Waals surface area contributed by atoms with Crippen molar-refractivity contribution in [2.45, 2.75) is 23.6 Å². The highest BCUT2D eigenvalue weighted by molar-refractivity contribution is 9.10. The highest BCUT2D eigenvalue weighted by Gasteiger charge is 2.73. The molecule has 4 fully saturated rings. The van der Waals surface area contributed by atoms with Crippen molar-refractivity contribution in [2.24, 2.45) is 17.8 Å². The molecular weight excluding hydrogens is 164 g/mol.